The first-order valence-corrected chi connectivity index (χ1v) is 23.4. The van der Waals surface area contributed by atoms with E-state index in [0.29, 0.717) is 57.0 Å². The van der Waals surface area contributed by atoms with Gasteiger partial charge in [-0.25, -0.2) is 39.5 Å². The number of aromatic amines is 2. The zero-order valence-corrected chi connectivity index (χ0v) is 39.1. The molecule has 75 heavy (non-hydrogen) atoms. The van der Waals surface area contributed by atoms with E-state index in [4.69, 9.17) is 36.5 Å². The lowest BCUT2D eigenvalue weighted by Crippen LogP contribution is -2.10. The van der Waals surface area contributed by atoms with Crippen LogP contribution in [0.3, 0.4) is 0 Å². The first kappa shape index (κ1) is 45.0. The highest BCUT2D eigenvalue weighted by Gasteiger charge is 2.23. The Labute approximate surface area is 425 Å². The monoisotopic (exact) mass is 973 g/mol. The molecule has 0 radical (unpaired) electrons. The molecule has 15 nitrogen and oxygen atoms in total. The Kier molecular flexibility index (Phi) is 11.1. The quantitative estimate of drug-likeness (QED) is 0.0460. The maximum absolute atomic E-state index is 11.5. The van der Waals surface area contributed by atoms with Gasteiger partial charge in [0.1, 0.15) is 34.2 Å². The summed E-state index contributed by atoms with van der Waals surface area (Å²) in [4.78, 5) is 65.8. The molecule has 0 aliphatic carbocycles. The second kappa shape index (κ2) is 18.5. The van der Waals surface area contributed by atoms with E-state index in [0.717, 1.165) is 72.0 Å². The second-order valence-electron chi connectivity index (χ2n) is 17.4. The Bertz CT molecular complexity index is 4300. The third-order valence-corrected chi connectivity index (χ3v) is 12.8. The highest BCUT2D eigenvalue weighted by molar-refractivity contribution is 6.06. The fraction of sp³-hybridized carbons (Fsp3) is 0. The van der Waals surface area contributed by atoms with Gasteiger partial charge in [-0.15, -0.1) is 0 Å². The number of rotatable bonds is 9. The minimum Gasteiger partial charge on any atom is -0.486 e. The van der Waals surface area contributed by atoms with E-state index in [2.05, 4.69) is 20.9 Å². The molecule has 0 spiro atoms. The molecule has 5 heterocycles. The molecular weight excluding hydrogens is 939 g/mol. The number of nitriles is 1. The fourth-order valence-electron chi connectivity index (χ4n) is 9.18. The van der Waals surface area contributed by atoms with Crippen LogP contribution < -0.4 is 4.90 Å². The smallest absolute Gasteiger partial charge is 0.346 e. The fourth-order valence-corrected chi connectivity index (χ4v) is 9.18. The summed E-state index contributed by atoms with van der Waals surface area (Å²) in [5.41, 5.74) is 10.1. The molecule has 4 N–H and O–H groups in total. The van der Waals surface area contributed by atoms with Crippen LogP contribution in [0.25, 0.3) is 119 Å². The third-order valence-electron chi connectivity index (χ3n) is 12.8. The Balaban J connectivity index is 0.932. The van der Waals surface area contributed by atoms with Crippen molar-refractivity contribution in [1.29, 1.82) is 5.26 Å². The number of fused-ring (bicyclic) bond motifs is 20. The number of carbonyl (C=O) groups is 2. The third kappa shape index (κ3) is 8.46. The largest absolute Gasteiger partial charge is 0.486 e. The summed E-state index contributed by atoms with van der Waals surface area (Å²) in [5.74, 6) is -0.599. The van der Waals surface area contributed by atoms with Gasteiger partial charge in [0.25, 0.3) is 5.70 Å². The molecule has 3 aromatic heterocycles. The number of hydrogen-bond donors (Lipinski definition) is 4. The van der Waals surface area contributed by atoms with Crippen molar-refractivity contribution < 1.29 is 19.8 Å². The van der Waals surface area contributed by atoms with Gasteiger partial charge in [0.15, 0.2) is 23.3 Å². The van der Waals surface area contributed by atoms with E-state index < -0.39 is 23.2 Å². The SMILES string of the molecule is [C-]#[N+]/C(=C\c1ccc(N(c2ccc(/C=C/c3ccc4c(c3)-c3nc-4nc4[nH]c(nc5nc(nc6[nH]c(n3)c3ccccc63)-c3ccccc3-5)c3ccccc43)cc2)c2ccc(/C=C(\C#N)C(=O)O)cc2)cc1)C(=O)O. The highest BCUT2D eigenvalue weighted by atomic mass is 16.4. The van der Waals surface area contributed by atoms with Crippen LogP contribution in [0.15, 0.2) is 175 Å². The van der Waals surface area contributed by atoms with Crippen LogP contribution in [0.4, 0.5) is 17.1 Å². The first-order valence-electron chi connectivity index (χ1n) is 23.4. The van der Waals surface area contributed by atoms with Crippen molar-refractivity contribution in [3.8, 4) is 51.6 Å². The number of H-pyrrole nitrogens is 2. The predicted molar refractivity (Wildman–Crippen MR) is 290 cm³/mol. The van der Waals surface area contributed by atoms with Crippen LogP contribution in [-0.4, -0.2) is 62.0 Å². The molecule has 10 aromatic rings. The summed E-state index contributed by atoms with van der Waals surface area (Å²) < 4.78 is 0. The molecule has 0 saturated heterocycles. The van der Waals surface area contributed by atoms with E-state index in [-0.39, 0.29) is 0 Å². The minimum atomic E-state index is -1.32. The standard InChI is InChI=1S/C60H35N11O4/c1-62-50(60(74)75)32-37-20-27-41(28-21-37)71(40-25-18-35(19-26-40)30-38(33-61)59(72)73)39-23-16-34(17-24-39)14-15-36-22-29-48-49(31-36)58-69-56-47-13-7-6-12-46(47)54(67-56)65-52-43-9-3-2-8-42(43)51(63-52)64-53-44-10-4-5-11-45(44)55(66-53)68-57(48)70-58/h2-32H,(H,72,73)(H,74,75)(H2,63,64,65,66,67,68,69,70)/b15-14+,38-30+,50-32-. The number of benzene rings is 7. The Morgan fingerprint density at radius 1 is 0.480 bits per heavy atom. The highest BCUT2D eigenvalue weighted by Crippen LogP contribution is 2.39. The first-order chi connectivity index (χ1) is 36.7. The summed E-state index contributed by atoms with van der Waals surface area (Å²) in [6.07, 6.45) is 6.65. The van der Waals surface area contributed by atoms with E-state index >= 15 is 0 Å². The molecule has 0 amide bonds. The maximum Gasteiger partial charge on any atom is 0.346 e. The van der Waals surface area contributed by atoms with Crippen LogP contribution >= 0.6 is 0 Å². The lowest BCUT2D eigenvalue weighted by atomic mass is 10.0. The number of aliphatic carboxylic acids is 2. The van der Waals surface area contributed by atoms with Gasteiger partial charge >= 0.3 is 11.9 Å². The second-order valence-corrected chi connectivity index (χ2v) is 17.4. The van der Waals surface area contributed by atoms with Crippen molar-refractivity contribution >= 4 is 97.4 Å². The van der Waals surface area contributed by atoms with Crippen molar-refractivity contribution in [2.24, 2.45) is 0 Å². The van der Waals surface area contributed by atoms with Gasteiger partial charge < -0.3 is 25.1 Å². The molecular formula is C60H35N11O4. The van der Waals surface area contributed by atoms with Gasteiger partial charge in [-0.05, 0) is 82.9 Å². The van der Waals surface area contributed by atoms with E-state index in [9.17, 15) is 25.1 Å². The molecule has 7 aromatic carbocycles. The number of carboxylic acid groups (broad SMARTS) is 2. The number of nitrogens with zero attached hydrogens (tertiary/aromatic N) is 9. The molecule has 0 saturated carbocycles. The normalized spacial score (nSPS) is 12.0. The summed E-state index contributed by atoms with van der Waals surface area (Å²) >= 11 is 0. The molecule has 0 fully saturated rings. The van der Waals surface area contributed by atoms with Crippen LogP contribution in [0.1, 0.15) is 22.3 Å². The molecule has 0 unspecified atom stereocenters. The minimum absolute atomic E-state index is 0.392. The van der Waals surface area contributed by atoms with Gasteiger partial charge in [-0.3, -0.25) is 4.79 Å². The molecule has 2 aliphatic rings. The van der Waals surface area contributed by atoms with Crippen LogP contribution in [-0.2, 0) is 9.59 Å². The van der Waals surface area contributed by atoms with Gasteiger partial charge in [-0.2, -0.15) is 5.26 Å². The van der Waals surface area contributed by atoms with E-state index in [1.165, 1.54) is 12.2 Å². The number of nitrogens with one attached hydrogen (secondary N) is 2. The Morgan fingerprint density at radius 2 is 0.867 bits per heavy atom. The van der Waals surface area contributed by atoms with E-state index in [1.807, 2.05) is 151 Å². The average molecular weight is 974 g/mol. The zero-order chi connectivity index (χ0) is 51.2. The van der Waals surface area contributed by atoms with Crippen molar-refractivity contribution in [3.63, 3.8) is 0 Å². The van der Waals surface area contributed by atoms with Gasteiger partial charge in [0.2, 0.25) is 0 Å². The predicted octanol–water partition coefficient (Wildman–Crippen LogP) is 12.8. The Morgan fingerprint density at radius 3 is 1.29 bits per heavy atom. The van der Waals surface area contributed by atoms with Crippen LogP contribution in [0, 0.1) is 17.9 Å². The molecule has 354 valence electrons. The maximum atomic E-state index is 11.5. The summed E-state index contributed by atoms with van der Waals surface area (Å²) in [5, 5.41) is 31.7. The Hall–Kier alpha value is -11.2. The average Bonchev–Trinajstić information content (AvgIpc) is 4.18. The van der Waals surface area contributed by atoms with Gasteiger partial charge in [0, 0.05) is 60.9 Å². The van der Waals surface area contributed by atoms with Crippen molar-refractivity contribution in [1.82, 2.24) is 39.9 Å². The van der Waals surface area contributed by atoms with Gasteiger partial charge in [-0.1, -0.05) is 127 Å². The summed E-state index contributed by atoms with van der Waals surface area (Å²) in [6.45, 7) is 7.26. The lowest BCUT2D eigenvalue weighted by molar-refractivity contribution is -0.133. The number of aromatic nitrogens is 8. The van der Waals surface area contributed by atoms with Gasteiger partial charge in [0.05, 0.1) is 6.57 Å². The molecule has 12 rings (SSSR count). The summed E-state index contributed by atoms with van der Waals surface area (Å²) in [7, 11) is 0. The van der Waals surface area contributed by atoms with Crippen molar-refractivity contribution in [3.05, 3.63) is 209 Å². The summed E-state index contributed by atoms with van der Waals surface area (Å²) in [6, 6.07) is 53.7. The molecule has 0 atom stereocenters. The molecule has 2 aliphatic heterocycles. The van der Waals surface area contributed by atoms with E-state index in [1.54, 1.807) is 30.3 Å². The lowest BCUT2D eigenvalue weighted by Gasteiger charge is -2.26. The number of hydrogen-bond acceptors (Lipinski definition) is 10. The number of carboxylic acids is 2. The van der Waals surface area contributed by atoms with Crippen molar-refractivity contribution in [2.75, 3.05) is 4.90 Å². The number of anilines is 3. The topological polar surface area (TPSA) is 215 Å². The zero-order valence-electron chi connectivity index (χ0n) is 39.1. The molecule has 15 heteroatoms. The van der Waals surface area contributed by atoms with Crippen molar-refractivity contribution in [2.45, 2.75) is 0 Å². The van der Waals surface area contributed by atoms with Crippen LogP contribution in [0.2, 0.25) is 0 Å². The van der Waals surface area contributed by atoms with Crippen LogP contribution in [0.5, 0.6) is 0 Å². The molecule has 8 bridgehead atoms.